The van der Waals surface area contributed by atoms with Gasteiger partial charge in [-0.25, -0.2) is 9.97 Å². The maximum Gasteiger partial charge on any atom is 0.207 e. The molecule has 0 aliphatic carbocycles. The van der Waals surface area contributed by atoms with Crippen LogP contribution >= 0.6 is 0 Å². The zero-order valence-electron chi connectivity index (χ0n) is 8.78. The molecule has 0 radical (unpaired) electrons. The van der Waals surface area contributed by atoms with Crippen molar-refractivity contribution < 1.29 is 4.39 Å². The summed E-state index contributed by atoms with van der Waals surface area (Å²) >= 11 is 0. The summed E-state index contributed by atoms with van der Waals surface area (Å²) in [4.78, 5) is 9.52. The van der Waals surface area contributed by atoms with Crippen molar-refractivity contribution in [2.24, 2.45) is 5.92 Å². The van der Waals surface area contributed by atoms with Crippen LogP contribution in [0, 0.1) is 11.7 Å². The lowest BCUT2D eigenvalue weighted by molar-refractivity contribution is 0.439. The minimum atomic E-state index is -0.494. The van der Waals surface area contributed by atoms with Gasteiger partial charge in [0.2, 0.25) is 5.82 Å². The maximum atomic E-state index is 13.6. The van der Waals surface area contributed by atoms with Gasteiger partial charge in [-0.1, -0.05) is 6.92 Å². The standard InChI is InChI=1S/C10H15FN4/c1-7-3-2-4-15(5-7)10-8(11)9(12)13-6-14-10/h6-7H,2-5H2,1H3,(H2,12,13,14)/t7-/m1/s1. The summed E-state index contributed by atoms with van der Waals surface area (Å²) in [5, 5.41) is 0. The summed E-state index contributed by atoms with van der Waals surface area (Å²) < 4.78 is 13.6. The number of piperidine rings is 1. The average Bonchev–Trinajstić information content (AvgIpc) is 2.22. The fourth-order valence-electron chi connectivity index (χ4n) is 1.98. The average molecular weight is 210 g/mol. The normalized spacial score (nSPS) is 21.7. The minimum Gasteiger partial charge on any atom is -0.381 e. The smallest absolute Gasteiger partial charge is 0.207 e. The number of hydrogen-bond donors (Lipinski definition) is 1. The molecular weight excluding hydrogens is 195 g/mol. The van der Waals surface area contributed by atoms with Crippen LogP contribution in [-0.4, -0.2) is 23.1 Å². The van der Waals surface area contributed by atoms with Crippen LogP contribution < -0.4 is 10.6 Å². The van der Waals surface area contributed by atoms with E-state index in [1.165, 1.54) is 12.7 Å². The number of nitrogen functional groups attached to an aromatic ring is 1. The van der Waals surface area contributed by atoms with Crippen LogP contribution in [0.3, 0.4) is 0 Å². The van der Waals surface area contributed by atoms with E-state index in [1.807, 2.05) is 4.90 Å². The van der Waals surface area contributed by atoms with Crippen molar-refractivity contribution in [2.75, 3.05) is 23.7 Å². The molecule has 0 spiro atoms. The lowest BCUT2D eigenvalue weighted by atomic mass is 10.0. The molecule has 1 aliphatic heterocycles. The van der Waals surface area contributed by atoms with Gasteiger partial charge in [-0.2, -0.15) is 4.39 Å². The Labute approximate surface area is 88.3 Å². The molecule has 0 amide bonds. The van der Waals surface area contributed by atoms with Gasteiger partial charge in [0.25, 0.3) is 0 Å². The highest BCUT2D eigenvalue weighted by Crippen LogP contribution is 2.24. The molecule has 82 valence electrons. The van der Waals surface area contributed by atoms with Crippen molar-refractivity contribution in [3.05, 3.63) is 12.1 Å². The van der Waals surface area contributed by atoms with Gasteiger partial charge in [0, 0.05) is 13.1 Å². The van der Waals surface area contributed by atoms with E-state index < -0.39 is 5.82 Å². The van der Waals surface area contributed by atoms with E-state index in [2.05, 4.69) is 16.9 Å². The third kappa shape index (κ3) is 2.00. The third-order valence-electron chi connectivity index (χ3n) is 2.75. The van der Waals surface area contributed by atoms with E-state index in [-0.39, 0.29) is 5.82 Å². The van der Waals surface area contributed by atoms with Gasteiger partial charge < -0.3 is 10.6 Å². The van der Waals surface area contributed by atoms with Crippen LogP contribution in [0.25, 0.3) is 0 Å². The summed E-state index contributed by atoms with van der Waals surface area (Å²) in [5.74, 6) is 0.355. The molecule has 4 nitrogen and oxygen atoms in total. The van der Waals surface area contributed by atoms with Crippen LogP contribution in [0.4, 0.5) is 16.0 Å². The summed E-state index contributed by atoms with van der Waals surface area (Å²) in [6.07, 6.45) is 3.58. The number of anilines is 2. The second kappa shape index (κ2) is 4.00. The van der Waals surface area contributed by atoms with E-state index in [4.69, 9.17) is 5.73 Å². The molecule has 2 N–H and O–H groups in total. The Morgan fingerprint density at radius 1 is 1.53 bits per heavy atom. The van der Waals surface area contributed by atoms with E-state index in [1.54, 1.807) is 0 Å². The minimum absolute atomic E-state index is 0.0711. The Morgan fingerprint density at radius 3 is 3.07 bits per heavy atom. The molecule has 1 saturated heterocycles. The topological polar surface area (TPSA) is 55.0 Å². The zero-order valence-corrected chi connectivity index (χ0v) is 8.78. The van der Waals surface area contributed by atoms with Crippen molar-refractivity contribution in [3.8, 4) is 0 Å². The molecule has 2 heterocycles. The van der Waals surface area contributed by atoms with Gasteiger partial charge in [-0.05, 0) is 18.8 Å². The van der Waals surface area contributed by atoms with E-state index >= 15 is 0 Å². The van der Waals surface area contributed by atoms with E-state index in [0.717, 1.165) is 19.5 Å². The Morgan fingerprint density at radius 2 is 2.33 bits per heavy atom. The summed E-state index contributed by atoms with van der Waals surface area (Å²) in [5.41, 5.74) is 5.41. The second-order valence-corrected chi connectivity index (χ2v) is 4.09. The second-order valence-electron chi connectivity index (χ2n) is 4.09. The molecule has 1 aromatic heterocycles. The fourth-order valence-corrected chi connectivity index (χ4v) is 1.98. The first-order valence-electron chi connectivity index (χ1n) is 5.19. The predicted molar refractivity (Wildman–Crippen MR) is 57.0 cm³/mol. The first kappa shape index (κ1) is 10.1. The Hall–Kier alpha value is -1.39. The molecule has 15 heavy (non-hydrogen) atoms. The zero-order chi connectivity index (χ0) is 10.8. The number of aromatic nitrogens is 2. The van der Waals surface area contributed by atoms with Crippen molar-refractivity contribution in [1.29, 1.82) is 0 Å². The maximum absolute atomic E-state index is 13.6. The summed E-state index contributed by atoms with van der Waals surface area (Å²) in [6.45, 7) is 3.85. The van der Waals surface area contributed by atoms with E-state index in [9.17, 15) is 4.39 Å². The SMILES string of the molecule is C[C@@H]1CCCN(c2ncnc(N)c2F)C1. The monoisotopic (exact) mass is 210 g/mol. The number of hydrogen-bond acceptors (Lipinski definition) is 4. The van der Waals surface area contributed by atoms with Crippen molar-refractivity contribution in [3.63, 3.8) is 0 Å². The Bertz CT molecular complexity index is 355. The van der Waals surface area contributed by atoms with Crippen LogP contribution in [0.5, 0.6) is 0 Å². The largest absolute Gasteiger partial charge is 0.381 e. The van der Waals surface area contributed by atoms with Crippen LogP contribution in [0.1, 0.15) is 19.8 Å². The Balaban J connectivity index is 2.24. The van der Waals surface area contributed by atoms with Gasteiger partial charge >= 0.3 is 0 Å². The number of rotatable bonds is 1. The molecule has 1 atom stereocenters. The molecule has 0 aromatic carbocycles. The number of nitrogens with zero attached hydrogens (tertiary/aromatic N) is 3. The van der Waals surface area contributed by atoms with Crippen molar-refractivity contribution in [2.45, 2.75) is 19.8 Å². The van der Waals surface area contributed by atoms with Crippen LogP contribution in [0.2, 0.25) is 0 Å². The molecule has 1 aromatic rings. The van der Waals surface area contributed by atoms with Crippen LogP contribution in [-0.2, 0) is 0 Å². The highest BCUT2D eigenvalue weighted by atomic mass is 19.1. The van der Waals surface area contributed by atoms with Crippen molar-refractivity contribution in [1.82, 2.24) is 9.97 Å². The molecule has 0 unspecified atom stereocenters. The molecular formula is C10H15FN4. The van der Waals surface area contributed by atoms with Gasteiger partial charge in [0.15, 0.2) is 11.6 Å². The Kier molecular flexibility index (Phi) is 2.70. The lowest BCUT2D eigenvalue weighted by Crippen LogP contribution is -2.35. The molecule has 0 bridgehead atoms. The third-order valence-corrected chi connectivity index (χ3v) is 2.75. The highest BCUT2D eigenvalue weighted by Gasteiger charge is 2.21. The lowest BCUT2D eigenvalue weighted by Gasteiger charge is -2.31. The molecule has 1 fully saturated rings. The molecule has 2 rings (SSSR count). The van der Waals surface area contributed by atoms with E-state index in [0.29, 0.717) is 11.7 Å². The number of nitrogens with two attached hydrogens (primary N) is 1. The number of halogens is 1. The fraction of sp³-hybridized carbons (Fsp3) is 0.600. The highest BCUT2D eigenvalue weighted by molar-refractivity contribution is 5.48. The summed E-state index contributed by atoms with van der Waals surface area (Å²) in [7, 11) is 0. The van der Waals surface area contributed by atoms with Gasteiger partial charge in [0.1, 0.15) is 6.33 Å². The first-order valence-corrected chi connectivity index (χ1v) is 5.19. The molecule has 5 heteroatoms. The predicted octanol–water partition coefficient (Wildman–Crippen LogP) is 1.43. The first-order chi connectivity index (χ1) is 7.18. The van der Waals surface area contributed by atoms with Crippen LogP contribution in [0.15, 0.2) is 6.33 Å². The van der Waals surface area contributed by atoms with Gasteiger partial charge in [0.05, 0.1) is 0 Å². The molecule has 1 aliphatic rings. The summed E-state index contributed by atoms with van der Waals surface area (Å²) in [6, 6.07) is 0. The molecule has 0 saturated carbocycles. The van der Waals surface area contributed by atoms with Gasteiger partial charge in [-0.15, -0.1) is 0 Å². The van der Waals surface area contributed by atoms with Crippen molar-refractivity contribution >= 4 is 11.6 Å². The quantitative estimate of drug-likeness (QED) is 0.762. The van der Waals surface area contributed by atoms with Gasteiger partial charge in [-0.3, -0.25) is 0 Å².